The molecule has 0 radical (unpaired) electrons. The van der Waals surface area contributed by atoms with Crippen LogP contribution in [-0.2, 0) is 9.47 Å². The van der Waals surface area contributed by atoms with Crippen molar-refractivity contribution in [3.63, 3.8) is 0 Å². The molecule has 0 saturated heterocycles. The Morgan fingerprint density at radius 2 is 1.85 bits per heavy atom. The molecule has 27 heavy (non-hydrogen) atoms. The van der Waals surface area contributed by atoms with Crippen LogP contribution < -0.4 is 0 Å². The Morgan fingerprint density at radius 1 is 1.19 bits per heavy atom. The minimum Gasteiger partial charge on any atom is -0.462 e. The Bertz CT molecular complexity index is 885. The van der Waals surface area contributed by atoms with Crippen LogP contribution in [0.5, 0.6) is 0 Å². The molecule has 0 bridgehead atoms. The monoisotopic (exact) mass is 395 g/mol. The highest BCUT2D eigenvalue weighted by molar-refractivity contribution is 6.33. The first-order valence-electron chi connectivity index (χ1n) is 8.24. The van der Waals surface area contributed by atoms with E-state index in [1.54, 1.807) is 20.8 Å². The lowest BCUT2D eigenvalue weighted by Gasteiger charge is -2.13. The van der Waals surface area contributed by atoms with Gasteiger partial charge in [-0.1, -0.05) is 17.7 Å². The molecule has 0 spiro atoms. The maximum absolute atomic E-state index is 13.8. The summed E-state index contributed by atoms with van der Waals surface area (Å²) in [5, 5.41) is -0.115. The van der Waals surface area contributed by atoms with E-state index in [2.05, 4.69) is 4.98 Å². The highest BCUT2D eigenvalue weighted by atomic mass is 35.5. The summed E-state index contributed by atoms with van der Waals surface area (Å²) in [5.41, 5.74) is 0.796. The van der Waals surface area contributed by atoms with Crippen molar-refractivity contribution in [2.24, 2.45) is 0 Å². The molecule has 2 aromatic rings. The molecule has 1 aromatic carbocycles. The molecule has 0 saturated carbocycles. The number of halogens is 2. The molecule has 0 aliphatic heterocycles. The number of aromatic nitrogens is 1. The number of hydrogen-bond donors (Lipinski definition) is 1. The first kappa shape index (κ1) is 20.6. The molecule has 2 rings (SSSR count). The van der Waals surface area contributed by atoms with Gasteiger partial charge in [0, 0.05) is 5.69 Å². The van der Waals surface area contributed by atoms with Gasteiger partial charge in [-0.2, -0.15) is 0 Å². The number of hydrogen-bond acceptors (Lipinski definition) is 5. The van der Waals surface area contributed by atoms with Crippen molar-refractivity contribution in [1.29, 1.82) is 0 Å². The van der Waals surface area contributed by atoms with Crippen molar-refractivity contribution < 1.29 is 28.2 Å². The van der Waals surface area contributed by atoms with Gasteiger partial charge in [-0.25, -0.2) is 14.0 Å². The van der Waals surface area contributed by atoms with Crippen molar-refractivity contribution in [3.8, 4) is 0 Å². The van der Waals surface area contributed by atoms with Gasteiger partial charge >= 0.3 is 11.9 Å². The fraction of sp³-hybridized carbons (Fsp3) is 0.316. The normalized spacial score (nSPS) is 11.8. The van der Waals surface area contributed by atoms with Gasteiger partial charge in [0.2, 0.25) is 5.78 Å². The number of H-pyrrole nitrogens is 1. The molecule has 1 unspecified atom stereocenters. The van der Waals surface area contributed by atoms with E-state index < -0.39 is 35.2 Å². The smallest absolute Gasteiger partial charge is 0.343 e. The Labute approximate surface area is 160 Å². The molecule has 6 nitrogen and oxygen atoms in total. The first-order valence-corrected chi connectivity index (χ1v) is 8.62. The third kappa shape index (κ3) is 4.19. The van der Waals surface area contributed by atoms with Crippen molar-refractivity contribution >= 4 is 29.3 Å². The Morgan fingerprint density at radius 3 is 2.44 bits per heavy atom. The molecular formula is C19H19ClFNO5. The number of aryl methyl sites for hydroxylation is 1. The second kappa shape index (κ2) is 8.35. The summed E-state index contributed by atoms with van der Waals surface area (Å²) in [6.07, 6.45) is -1.22. The van der Waals surface area contributed by atoms with Gasteiger partial charge in [-0.05, 0) is 45.4 Å². The predicted molar refractivity (Wildman–Crippen MR) is 96.8 cm³/mol. The van der Waals surface area contributed by atoms with E-state index in [0.717, 1.165) is 6.07 Å². The second-order valence-corrected chi connectivity index (χ2v) is 6.26. The van der Waals surface area contributed by atoms with Gasteiger partial charge in [-0.15, -0.1) is 0 Å². The van der Waals surface area contributed by atoms with E-state index in [1.807, 2.05) is 0 Å². The van der Waals surface area contributed by atoms with Gasteiger partial charge in [-0.3, -0.25) is 4.79 Å². The summed E-state index contributed by atoms with van der Waals surface area (Å²) in [6, 6.07) is 3.77. The van der Waals surface area contributed by atoms with E-state index in [0.29, 0.717) is 11.3 Å². The van der Waals surface area contributed by atoms with E-state index in [-0.39, 0.29) is 22.9 Å². The van der Waals surface area contributed by atoms with Crippen LogP contribution in [-0.4, -0.2) is 35.4 Å². The summed E-state index contributed by atoms with van der Waals surface area (Å²) in [6.45, 7) is 6.45. The maximum atomic E-state index is 13.8. The van der Waals surface area contributed by atoms with Crippen molar-refractivity contribution in [1.82, 2.24) is 4.98 Å². The number of aromatic amines is 1. The Hall–Kier alpha value is -2.67. The van der Waals surface area contributed by atoms with E-state index in [4.69, 9.17) is 21.1 Å². The number of nitrogens with one attached hydrogen (secondary N) is 1. The zero-order chi connectivity index (χ0) is 20.3. The molecule has 1 N–H and O–H groups in total. The maximum Gasteiger partial charge on any atom is 0.343 e. The molecule has 0 aliphatic carbocycles. The van der Waals surface area contributed by atoms with Crippen molar-refractivity contribution in [3.05, 3.63) is 57.1 Å². The van der Waals surface area contributed by atoms with Gasteiger partial charge in [0.15, 0.2) is 6.10 Å². The minimum atomic E-state index is -1.22. The molecular weight excluding hydrogens is 377 g/mol. The summed E-state index contributed by atoms with van der Waals surface area (Å²) in [7, 11) is 0. The minimum absolute atomic E-state index is 0.115. The SMILES string of the molecule is CCOC(=O)c1c(C)[nH]c(C(=O)C(C)OC(=O)c2c(F)cccc2Cl)c1C. The van der Waals surface area contributed by atoms with Crippen LogP contribution in [0.3, 0.4) is 0 Å². The lowest BCUT2D eigenvalue weighted by Crippen LogP contribution is -2.26. The molecule has 0 aliphatic rings. The molecule has 1 heterocycles. The van der Waals surface area contributed by atoms with Gasteiger partial charge in [0.1, 0.15) is 11.4 Å². The molecule has 0 amide bonds. The topological polar surface area (TPSA) is 85.5 Å². The standard InChI is InChI=1S/C19H19ClFNO5/c1-5-26-18(24)14-9(2)16(22-10(14)3)17(23)11(4)27-19(25)15-12(20)7-6-8-13(15)21/h6-8,11,22H,5H2,1-4H3. The van der Waals surface area contributed by atoms with Gasteiger partial charge < -0.3 is 14.5 Å². The van der Waals surface area contributed by atoms with Crippen molar-refractivity contribution in [2.45, 2.75) is 33.8 Å². The van der Waals surface area contributed by atoms with Crippen LogP contribution >= 0.6 is 11.6 Å². The fourth-order valence-electron chi connectivity index (χ4n) is 2.67. The highest BCUT2D eigenvalue weighted by Gasteiger charge is 2.29. The van der Waals surface area contributed by atoms with Gasteiger partial charge in [0.05, 0.1) is 22.9 Å². The molecule has 8 heteroatoms. The lowest BCUT2D eigenvalue weighted by molar-refractivity contribution is 0.0312. The number of ketones is 1. The second-order valence-electron chi connectivity index (χ2n) is 5.85. The molecule has 1 atom stereocenters. The Kier molecular flexibility index (Phi) is 6.38. The number of carbonyl (C=O) groups excluding carboxylic acids is 3. The van der Waals surface area contributed by atoms with E-state index >= 15 is 0 Å². The van der Waals surface area contributed by atoms with Gasteiger partial charge in [0.25, 0.3) is 0 Å². The van der Waals surface area contributed by atoms with Crippen LogP contribution in [0, 0.1) is 19.7 Å². The quantitative estimate of drug-likeness (QED) is 0.589. The average molecular weight is 396 g/mol. The van der Waals surface area contributed by atoms with E-state index in [9.17, 15) is 18.8 Å². The molecule has 144 valence electrons. The fourth-order valence-corrected chi connectivity index (χ4v) is 2.92. The number of esters is 2. The summed E-state index contributed by atoms with van der Waals surface area (Å²) < 4.78 is 23.9. The third-order valence-electron chi connectivity index (χ3n) is 3.98. The largest absolute Gasteiger partial charge is 0.462 e. The number of benzene rings is 1. The van der Waals surface area contributed by atoms with Crippen LogP contribution in [0.4, 0.5) is 4.39 Å². The average Bonchev–Trinajstić information content (AvgIpc) is 2.88. The predicted octanol–water partition coefficient (Wildman–Crippen LogP) is 4.03. The van der Waals surface area contributed by atoms with E-state index in [1.165, 1.54) is 19.1 Å². The molecule has 1 aromatic heterocycles. The van der Waals surface area contributed by atoms with Crippen LogP contribution in [0.25, 0.3) is 0 Å². The Balaban J connectivity index is 2.24. The lowest BCUT2D eigenvalue weighted by atomic mass is 10.1. The highest BCUT2D eigenvalue weighted by Crippen LogP contribution is 2.23. The van der Waals surface area contributed by atoms with Crippen LogP contribution in [0.2, 0.25) is 5.02 Å². The third-order valence-corrected chi connectivity index (χ3v) is 4.30. The summed E-state index contributed by atoms with van der Waals surface area (Å²) in [4.78, 5) is 39.7. The molecule has 0 fully saturated rings. The number of ether oxygens (including phenoxy) is 2. The first-order chi connectivity index (χ1) is 12.7. The van der Waals surface area contributed by atoms with Crippen LogP contribution in [0.1, 0.15) is 56.3 Å². The zero-order valence-corrected chi connectivity index (χ0v) is 16.1. The zero-order valence-electron chi connectivity index (χ0n) is 15.3. The summed E-state index contributed by atoms with van der Waals surface area (Å²) >= 11 is 5.83. The number of Topliss-reactive ketones (excluding diaryl/α,β-unsaturated/α-hetero) is 1. The van der Waals surface area contributed by atoms with Crippen molar-refractivity contribution in [2.75, 3.05) is 6.61 Å². The number of rotatable bonds is 6. The number of carbonyl (C=O) groups is 3. The van der Waals surface area contributed by atoms with Crippen LogP contribution in [0.15, 0.2) is 18.2 Å². The summed E-state index contributed by atoms with van der Waals surface area (Å²) in [5.74, 6) is -3.01.